The summed E-state index contributed by atoms with van der Waals surface area (Å²) in [5.41, 5.74) is 19.5. The predicted molar refractivity (Wildman–Crippen MR) is 279 cm³/mol. The number of nitrogens with zero attached hydrogens (tertiary/aromatic N) is 2. The van der Waals surface area contributed by atoms with Gasteiger partial charge in [0.25, 0.3) is 0 Å². The quantitative estimate of drug-likeness (QED) is 0.160. The molecule has 0 atom stereocenters. The van der Waals surface area contributed by atoms with E-state index >= 15 is 0 Å². The molecule has 0 aliphatic rings. The Balaban J connectivity index is 1.04. The van der Waals surface area contributed by atoms with E-state index in [0.717, 1.165) is 99.3 Å². The Morgan fingerprint density at radius 2 is 0.758 bits per heavy atom. The summed E-state index contributed by atoms with van der Waals surface area (Å²) in [7, 11) is 0. The maximum absolute atomic E-state index is 7.03. The van der Waals surface area contributed by atoms with E-state index in [1.807, 2.05) is 0 Å². The second-order valence-electron chi connectivity index (χ2n) is 18.2. The number of hydrogen-bond donors (Lipinski definition) is 0. The number of rotatable bonds is 7. The molecule has 318 valence electrons. The summed E-state index contributed by atoms with van der Waals surface area (Å²) in [5, 5.41) is 8.83. The van der Waals surface area contributed by atoms with Crippen molar-refractivity contribution < 1.29 is 8.83 Å². The van der Waals surface area contributed by atoms with E-state index in [1.165, 1.54) is 44.8 Å². The van der Waals surface area contributed by atoms with E-state index < -0.39 is 0 Å². The van der Waals surface area contributed by atoms with Crippen LogP contribution in [0.4, 0.5) is 34.1 Å². The zero-order valence-electron chi connectivity index (χ0n) is 38.0. The molecule has 4 heteroatoms. The standard InChI is InChI=1S/C62H48N2O2/c1-37-20-22-41(5)56(28-37)63(54-18-12-10-14-39(54)3)48-26-24-44-32-50-52-36-53-51-33-45-25-27-49(64(55-19-13-11-15-40(55)4)57-29-38(2)21-23-42(57)6)31-47(45)35-59(51)66-62(53)60(43-16-8-7-9-17-43)61(52)65-58(50)34-46(44)30-48/h7-36H,1-6H3. The van der Waals surface area contributed by atoms with Crippen LogP contribution in [0, 0.1) is 41.5 Å². The lowest BCUT2D eigenvalue weighted by Crippen LogP contribution is -2.12. The zero-order valence-corrected chi connectivity index (χ0v) is 38.0. The van der Waals surface area contributed by atoms with Crippen LogP contribution in [0.25, 0.3) is 76.5 Å². The fourth-order valence-corrected chi connectivity index (χ4v) is 10.1. The molecule has 12 aromatic rings. The third-order valence-corrected chi connectivity index (χ3v) is 13.6. The van der Waals surface area contributed by atoms with E-state index in [9.17, 15) is 0 Å². The van der Waals surface area contributed by atoms with Gasteiger partial charge in [0, 0.05) is 55.7 Å². The van der Waals surface area contributed by atoms with Gasteiger partial charge in [-0.15, -0.1) is 0 Å². The van der Waals surface area contributed by atoms with Crippen molar-refractivity contribution in [2.24, 2.45) is 0 Å². The number of para-hydroxylation sites is 2. The molecule has 0 aliphatic carbocycles. The maximum Gasteiger partial charge on any atom is 0.147 e. The minimum absolute atomic E-state index is 0.824. The van der Waals surface area contributed by atoms with E-state index in [0.29, 0.717) is 0 Å². The molecule has 4 nitrogen and oxygen atoms in total. The lowest BCUT2D eigenvalue weighted by molar-refractivity contribution is 0.658. The van der Waals surface area contributed by atoms with Crippen molar-refractivity contribution in [2.45, 2.75) is 41.5 Å². The summed E-state index contributed by atoms with van der Waals surface area (Å²) in [6, 6.07) is 66.1. The van der Waals surface area contributed by atoms with Gasteiger partial charge in [-0.1, -0.05) is 103 Å². The first-order valence-electron chi connectivity index (χ1n) is 22.8. The van der Waals surface area contributed by atoms with Gasteiger partial charge in [0.05, 0.1) is 5.56 Å². The Morgan fingerprint density at radius 3 is 1.23 bits per heavy atom. The normalized spacial score (nSPS) is 11.8. The highest BCUT2D eigenvalue weighted by Crippen LogP contribution is 2.48. The Labute approximate surface area is 384 Å². The van der Waals surface area contributed by atoms with Crippen molar-refractivity contribution in [3.05, 3.63) is 215 Å². The average molecular weight is 853 g/mol. The van der Waals surface area contributed by atoms with E-state index in [4.69, 9.17) is 8.83 Å². The Morgan fingerprint density at radius 1 is 0.318 bits per heavy atom. The SMILES string of the molecule is Cc1ccc(C)c(N(c2ccc3cc4c(cc3c2)oc2c(-c3ccccc3)c3oc5cc6cc(N(c7ccccc7C)c7cc(C)ccc7C)ccc6cc5c3cc24)c2ccccc2C)c1. The Hall–Kier alpha value is -8.08. The Kier molecular flexibility index (Phi) is 9.15. The van der Waals surface area contributed by atoms with Crippen molar-refractivity contribution in [2.75, 3.05) is 9.80 Å². The molecule has 2 aromatic heterocycles. The zero-order chi connectivity index (χ0) is 44.8. The molecule has 0 amide bonds. The second-order valence-corrected chi connectivity index (χ2v) is 18.2. The minimum Gasteiger partial charge on any atom is -0.455 e. The highest BCUT2D eigenvalue weighted by atomic mass is 16.3. The number of hydrogen-bond acceptors (Lipinski definition) is 4. The van der Waals surface area contributed by atoms with Crippen LogP contribution >= 0.6 is 0 Å². The molecule has 0 saturated carbocycles. The van der Waals surface area contributed by atoms with E-state index in [2.05, 4.69) is 233 Å². The molecule has 0 unspecified atom stereocenters. The van der Waals surface area contributed by atoms with Crippen LogP contribution in [-0.4, -0.2) is 0 Å². The van der Waals surface area contributed by atoms with Gasteiger partial charge in [0.1, 0.15) is 22.3 Å². The molecule has 0 fully saturated rings. The summed E-state index contributed by atoms with van der Waals surface area (Å²) in [4.78, 5) is 4.78. The highest BCUT2D eigenvalue weighted by Gasteiger charge is 2.24. The van der Waals surface area contributed by atoms with Crippen LogP contribution in [0.1, 0.15) is 33.4 Å². The smallest absolute Gasteiger partial charge is 0.147 e. The number of fused-ring (bicyclic) bond motifs is 8. The Bertz CT molecular complexity index is 3680. The van der Waals surface area contributed by atoms with Crippen molar-refractivity contribution in [3.8, 4) is 11.1 Å². The predicted octanol–water partition coefficient (Wildman–Crippen LogP) is 18.2. The first-order valence-corrected chi connectivity index (χ1v) is 22.8. The minimum atomic E-state index is 0.824. The van der Waals surface area contributed by atoms with Crippen LogP contribution in [0.15, 0.2) is 191 Å². The monoisotopic (exact) mass is 852 g/mol. The van der Waals surface area contributed by atoms with Crippen molar-refractivity contribution in [3.63, 3.8) is 0 Å². The van der Waals surface area contributed by atoms with Crippen LogP contribution < -0.4 is 9.80 Å². The maximum atomic E-state index is 7.03. The van der Waals surface area contributed by atoms with Gasteiger partial charge in [-0.2, -0.15) is 0 Å². The fraction of sp³-hybridized carbons (Fsp3) is 0.0968. The molecule has 0 bridgehead atoms. The molecule has 0 saturated heterocycles. The van der Waals surface area contributed by atoms with Gasteiger partial charge in [-0.25, -0.2) is 0 Å². The topological polar surface area (TPSA) is 32.8 Å². The van der Waals surface area contributed by atoms with Crippen molar-refractivity contribution in [1.82, 2.24) is 0 Å². The lowest BCUT2D eigenvalue weighted by atomic mass is 9.97. The summed E-state index contributed by atoms with van der Waals surface area (Å²) < 4.78 is 14.1. The summed E-state index contributed by atoms with van der Waals surface area (Å²) >= 11 is 0. The van der Waals surface area contributed by atoms with E-state index in [1.54, 1.807) is 0 Å². The van der Waals surface area contributed by atoms with Gasteiger partial charge < -0.3 is 18.6 Å². The van der Waals surface area contributed by atoms with Crippen LogP contribution in [-0.2, 0) is 0 Å². The van der Waals surface area contributed by atoms with Crippen molar-refractivity contribution >= 4 is 99.5 Å². The molecule has 0 radical (unpaired) electrons. The summed E-state index contributed by atoms with van der Waals surface area (Å²) in [6.07, 6.45) is 0. The summed E-state index contributed by atoms with van der Waals surface area (Å²) in [5.74, 6) is 0. The first kappa shape index (κ1) is 39.5. The molecule has 66 heavy (non-hydrogen) atoms. The van der Waals surface area contributed by atoms with Gasteiger partial charge >= 0.3 is 0 Å². The molecule has 0 aliphatic heterocycles. The number of furan rings is 2. The van der Waals surface area contributed by atoms with E-state index in [-0.39, 0.29) is 0 Å². The molecule has 12 rings (SSSR count). The van der Waals surface area contributed by atoms with Crippen LogP contribution in [0.5, 0.6) is 0 Å². The number of aryl methyl sites for hydroxylation is 6. The van der Waals surface area contributed by atoms with Gasteiger partial charge in [-0.05, 0) is 181 Å². The van der Waals surface area contributed by atoms with Gasteiger partial charge in [0.2, 0.25) is 0 Å². The van der Waals surface area contributed by atoms with Crippen LogP contribution in [0.2, 0.25) is 0 Å². The molecule has 0 N–H and O–H groups in total. The number of anilines is 6. The van der Waals surface area contributed by atoms with Gasteiger partial charge in [-0.3, -0.25) is 0 Å². The third kappa shape index (κ3) is 6.43. The molecular weight excluding hydrogens is 805 g/mol. The molecule has 10 aromatic carbocycles. The third-order valence-electron chi connectivity index (χ3n) is 13.6. The van der Waals surface area contributed by atoms with Gasteiger partial charge in [0.15, 0.2) is 0 Å². The second kappa shape index (κ2) is 15.3. The highest BCUT2D eigenvalue weighted by molar-refractivity contribution is 6.24. The molecule has 2 heterocycles. The lowest BCUT2D eigenvalue weighted by Gasteiger charge is -2.29. The van der Waals surface area contributed by atoms with Crippen LogP contribution in [0.3, 0.4) is 0 Å². The fourth-order valence-electron chi connectivity index (χ4n) is 10.1. The molecule has 0 spiro atoms. The largest absolute Gasteiger partial charge is 0.455 e. The average Bonchev–Trinajstić information content (AvgIpc) is 3.86. The van der Waals surface area contributed by atoms with Crippen molar-refractivity contribution in [1.29, 1.82) is 0 Å². The summed E-state index contributed by atoms with van der Waals surface area (Å²) in [6.45, 7) is 13.1. The first-order chi connectivity index (χ1) is 32.2. The molecular formula is C62H48N2O2. The number of benzene rings is 10.